The van der Waals surface area contributed by atoms with Gasteiger partial charge in [0.05, 0.1) is 6.10 Å². The van der Waals surface area contributed by atoms with E-state index in [4.69, 9.17) is 4.74 Å². The summed E-state index contributed by atoms with van der Waals surface area (Å²) in [5.41, 5.74) is 0. The van der Waals surface area contributed by atoms with Gasteiger partial charge in [-0.05, 0) is 38.5 Å². The van der Waals surface area contributed by atoms with Crippen LogP contribution in [-0.4, -0.2) is 31.0 Å². The Morgan fingerprint density at radius 3 is 2.00 bits per heavy atom. The molecule has 2 rings (SSSR count). The Bertz CT molecular complexity index is 256. The first-order valence-electron chi connectivity index (χ1n) is 7.47. The molecule has 2 aliphatic carbocycles. The Kier molecular flexibility index (Phi) is 5.51. The van der Waals surface area contributed by atoms with Gasteiger partial charge in [0.2, 0.25) is 0 Å². The van der Waals surface area contributed by atoms with Crippen LogP contribution in [0.3, 0.4) is 0 Å². The van der Waals surface area contributed by atoms with Crippen LogP contribution in [0.4, 0.5) is 13.2 Å². The molecule has 112 valence electrons. The van der Waals surface area contributed by atoms with Crippen LogP contribution in [0.15, 0.2) is 0 Å². The highest BCUT2D eigenvalue weighted by molar-refractivity contribution is 4.82. The van der Waals surface area contributed by atoms with Gasteiger partial charge in [-0.3, -0.25) is 0 Å². The fourth-order valence-electron chi connectivity index (χ4n) is 3.21. The average Bonchev–Trinajstić information content (AvgIpc) is 2.38. The van der Waals surface area contributed by atoms with Gasteiger partial charge in [0.1, 0.15) is 6.61 Å². The molecule has 2 saturated carbocycles. The molecule has 0 heterocycles. The molecule has 5 heteroatoms. The van der Waals surface area contributed by atoms with Crippen molar-refractivity contribution in [2.24, 2.45) is 0 Å². The summed E-state index contributed by atoms with van der Waals surface area (Å²) in [6, 6.07) is 1.11. The zero-order chi connectivity index (χ0) is 13.7. The minimum atomic E-state index is -4.20. The van der Waals surface area contributed by atoms with Crippen molar-refractivity contribution in [2.75, 3.05) is 6.61 Å². The highest BCUT2D eigenvalue weighted by atomic mass is 19.4. The van der Waals surface area contributed by atoms with E-state index in [0.29, 0.717) is 12.1 Å². The number of alkyl halides is 3. The first kappa shape index (κ1) is 15.1. The first-order valence-corrected chi connectivity index (χ1v) is 7.47. The van der Waals surface area contributed by atoms with Crippen molar-refractivity contribution in [2.45, 2.75) is 82.2 Å². The minimum absolute atomic E-state index is 0.203. The predicted octanol–water partition coefficient (Wildman–Crippen LogP) is 3.80. The Morgan fingerprint density at radius 1 is 0.842 bits per heavy atom. The fourth-order valence-corrected chi connectivity index (χ4v) is 3.21. The van der Waals surface area contributed by atoms with Gasteiger partial charge in [-0.1, -0.05) is 19.3 Å². The van der Waals surface area contributed by atoms with E-state index in [-0.39, 0.29) is 6.10 Å². The number of hydrogen-bond acceptors (Lipinski definition) is 2. The Hall–Kier alpha value is -0.290. The van der Waals surface area contributed by atoms with Gasteiger partial charge in [0.15, 0.2) is 0 Å². The van der Waals surface area contributed by atoms with Crippen molar-refractivity contribution in [3.63, 3.8) is 0 Å². The van der Waals surface area contributed by atoms with Gasteiger partial charge in [-0.2, -0.15) is 13.2 Å². The molecule has 0 aromatic carbocycles. The maximum atomic E-state index is 12.1. The van der Waals surface area contributed by atoms with Crippen LogP contribution in [0, 0.1) is 0 Å². The number of hydrogen-bond donors (Lipinski definition) is 1. The molecule has 0 spiro atoms. The zero-order valence-corrected chi connectivity index (χ0v) is 11.3. The van der Waals surface area contributed by atoms with E-state index in [1.165, 1.54) is 32.1 Å². The molecule has 0 atom stereocenters. The summed E-state index contributed by atoms with van der Waals surface area (Å²) in [7, 11) is 0. The second kappa shape index (κ2) is 6.93. The second-order valence-electron chi connectivity index (χ2n) is 5.90. The van der Waals surface area contributed by atoms with Gasteiger partial charge in [0, 0.05) is 12.1 Å². The van der Waals surface area contributed by atoms with Crippen molar-refractivity contribution in [1.82, 2.24) is 5.32 Å². The lowest BCUT2D eigenvalue weighted by Gasteiger charge is -2.33. The summed E-state index contributed by atoms with van der Waals surface area (Å²) in [4.78, 5) is 0. The monoisotopic (exact) mass is 279 g/mol. The van der Waals surface area contributed by atoms with Crippen molar-refractivity contribution in [1.29, 1.82) is 0 Å². The van der Waals surface area contributed by atoms with Crippen LogP contribution >= 0.6 is 0 Å². The number of ether oxygens (including phenoxy) is 1. The first-order chi connectivity index (χ1) is 9.03. The maximum Gasteiger partial charge on any atom is 0.411 e. The highest BCUT2D eigenvalue weighted by Crippen LogP contribution is 2.26. The van der Waals surface area contributed by atoms with Gasteiger partial charge in [-0.25, -0.2) is 0 Å². The molecule has 0 aromatic rings. The Balaban J connectivity index is 1.62. The van der Waals surface area contributed by atoms with Crippen molar-refractivity contribution >= 4 is 0 Å². The smallest absolute Gasteiger partial charge is 0.369 e. The topological polar surface area (TPSA) is 21.3 Å². The molecule has 0 aromatic heterocycles. The van der Waals surface area contributed by atoms with E-state index in [1.54, 1.807) is 0 Å². The average molecular weight is 279 g/mol. The third kappa shape index (κ3) is 5.69. The molecule has 2 fully saturated rings. The maximum absolute atomic E-state index is 12.1. The van der Waals surface area contributed by atoms with Crippen LogP contribution in [0.2, 0.25) is 0 Å². The third-order valence-electron chi connectivity index (χ3n) is 4.23. The molecule has 1 N–H and O–H groups in total. The van der Waals surface area contributed by atoms with E-state index in [0.717, 1.165) is 25.7 Å². The van der Waals surface area contributed by atoms with E-state index in [1.807, 2.05) is 0 Å². The zero-order valence-electron chi connectivity index (χ0n) is 11.3. The lowest BCUT2D eigenvalue weighted by molar-refractivity contribution is -0.188. The summed E-state index contributed by atoms with van der Waals surface area (Å²) >= 11 is 0. The normalized spacial score (nSPS) is 30.5. The second-order valence-corrected chi connectivity index (χ2v) is 5.90. The van der Waals surface area contributed by atoms with Crippen LogP contribution < -0.4 is 5.32 Å². The SMILES string of the molecule is FC(F)(F)CO[C@H]1CC[C@H](NC2CCCCC2)CC1. The van der Waals surface area contributed by atoms with Gasteiger partial charge >= 0.3 is 6.18 Å². The van der Waals surface area contributed by atoms with Crippen LogP contribution in [0.1, 0.15) is 57.8 Å². The van der Waals surface area contributed by atoms with Gasteiger partial charge in [-0.15, -0.1) is 0 Å². The van der Waals surface area contributed by atoms with E-state index in [2.05, 4.69) is 5.32 Å². The lowest BCUT2D eigenvalue weighted by Crippen LogP contribution is -2.42. The number of halogens is 3. The van der Waals surface area contributed by atoms with Crippen molar-refractivity contribution < 1.29 is 17.9 Å². The van der Waals surface area contributed by atoms with Crippen LogP contribution in [-0.2, 0) is 4.74 Å². The Morgan fingerprint density at radius 2 is 1.42 bits per heavy atom. The predicted molar refractivity (Wildman–Crippen MR) is 68.1 cm³/mol. The molecule has 0 amide bonds. The largest absolute Gasteiger partial charge is 0.411 e. The summed E-state index contributed by atoms with van der Waals surface area (Å²) in [6.45, 7) is -1.10. The van der Waals surface area contributed by atoms with Crippen molar-refractivity contribution in [3.05, 3.63) is 0 Å². The summed E-state index contributed by atoms with van der Waals surface area (Å²) < 4.78 is 41.1. The quantitative estimate of drug-likeness (QED) is 0.845. The molecule has 0 aliphatic heterocycles. The number of rotatable bonds is 4. The summed E-state index contributed by atoms with van der Waals surface area (Å²) in [5.74, 6) is 0. The van der Waals surface area contributed by atoms with E-state index < -0.39 is 12.8 Å². The number of nitrogens with one attached hydrogen (secondary N) is 1. The molecule has 2 nitrogen and oxygen atoms in total. The molecule has 0 bridgehead atoms. The molecule has 2 aliphatic rings. The highest BCUT2D eigenvalue weighted by Gasteiger charge is 2.31. The summed E-state index contributed by atoms with van der Waals surface area (Å²) in [6.07, 6.45) is 5.45. The van der Waals surface area contributed by atoms with Crippen molar-refractivity contribution in [3.8, 4) is 0 Å². The molecule has 19 heavy (non-hydrogen) atoms. The molecular weight excluding hydrogens is 255 g/mol. The minimum Gasteiger partial charge on any atom is -0.369 e. The molecule has 0 saturated heterocycles. The van der Waals surface area contributed by atoms with E-state index in [9.17, 15) is 13.2 Å². The molecule has 0 unspecified atom stereocenters. The van der Waals surface area contributed by atoms with E-state index >= 15 is 0 Å². The van der Waals surface area contributed by atoms with Gasteiger partial charge < -0.3 is 10.1 Å². The summed E-state index contributed by atoms with van der Waals surface area (Å²) in [5, 5.41) is 3.67. The van der Waals surface area contributed by atoms with Crippen LogP contribution in [0.5, 0.6) is 0 Å². The van der Waals surface area contributed by atoms with Gasteiger partial charge in [0.25, 0.3) is 0 Å². The van der Waals surface area contributed by atoms with Crippen LogP contribution in [0.25, 0.3) is 0 Å². The lowest BCUT2D eigenvalue weighted by atomic mass is 9.89. The molecule has 0 radical (unpaired) electrons. The fraction of sp³-hybridized carbons (Fsp3) is 1.00. The molecular formula is C14H24F3NO. The third-order valence-corrected chi connectivity index (χ3v) is 4.23. The Labute approximate surface area is 113 Å². The standard InChI is InChI=1S/C14H24F3NO/c15-14(16,17)10-19-13-8-6-12(7-9-13)18-11-4-2-1-3-5-11/h11-13,18H,1-10H2/t12-,13-.